The van der Waals surface area contributed by atoms with Crippen LogP contribution < -0.4 is 5.32 Å². The van der Waals surface area contributed by atoms with Crippen LogP contribution in [0.15, 0.2) is 10.7 Å². The van der Waals surface area contributed by atoms with Gasteiger partial charge in [0.2, 0.25) is 5.28 Å². The van der Waals surface area contributed by atoms with Crippen LogP contribution in [0.2, 0.25) is 5.28 Å². The van der Waals surface area contributed by atoms with E-state index in [9.17, 15) is 0 Å². The summed E-state index contributed by atoms with van der Waals surface area (Å²) in [7, 11) is 0. The van der Waals surface area contributed by atoms with Gasteiger partial charge in [0.05, 0.1) is 4.47 Å². The van der Waals surface area contributed by atoms with Gasteiger partial charge < -0.3 is 5.32 Å². The molecule has 0 unspecified atom stereocenters. The molecule has 0 saturated heterocycles. The summed E-state index contributed by atoms with van der Waals surface area (Å²) in [5, 5.41) is 3.68. The second-order valence-corrected chi connectivity index (χ2v) is 5.65. The smallest absolute Gasteiger partial charge is 0.224 e. The van der Waals surface area contributed by atoms with Gasteiger partial charge in [-0.3, -0.25) is 0 Å². The molecule has 1 saturated carbocycles. The quantitative estimate of drug-likeness (QED) is 0.866. The van der Waals surface area contributed by atoms with Crippen molar-refractivity contribution in [1.82, 2.24) is 9.97 Å². The molecule has 1 aromatic heterocycles. The van der Waals surface area contributed by atoms with Gasteiger partial charge in [-0.05, 0) is 60.1 Å². The Morgan fingerprint density at radius 2 is 2.20 bits per heavy atom. The van der Waals surface area contributed by atoms with Crippen molar-refractivity contribution >= 4 is 33.3 Å². The largest absolute Gasteiger partial charge is 0.364 e. The van der Waals surface area contributed by atoms with E-state index in [4.69, 9.17) is 11.6 Å². The van der Waals surface area contributed by atoms with Crippen molar-refractivity contribution in [3.63, 3.8) is 0 Å². The molecule has 82 valence electrons. The fraction of sp³-hybridized carbons (Fsp3) is 0.600. The van der Waals surface area contributed by atoms with E-state index < -0.39 is 0 Å². The molecule has 1 N–H and O–H groups in total. The lowest BCUT2D eigenvalue weighted by Crippen LogP contribution is -2.33. The topological polar surface area (TPSA) is 37.8 Å². The second-order valence-electron chi connectivity index (χ2n) is 4.46. The first-order valence-corrected chi connectivity index (χ1v) is 6.12. The van der Waals surface area contributed by atoms with Crippen LogP contribution >= 0.6 is 27.5 Å². The highest BCUT2D eigenvalue weighted by Crippen LogP contribution is 2.41. The van der Waals surface area contributed by atoms with Crippen molar-refractivity contribution < 1.29 is 0 Å². The highest BCUT2D eigenvalue weighted by atomic mass is 79.9. The SMILES string of the molecule is CC(C)(Nc1nc(Cl)ncc1Br)C1CC1. The molecule has 15 heavy (non-hydrogen) atoms. The molecule has 0 aromatic carbocycles. The number of halogens is 2. The van der Waals surface area contributed by atoms with Gasteiger partial charge in [-0.2, -0.15) is 4.98 Å². The number of anilines is 1. The first-order chi connectivity index (χ1) is 6.99. The zero-order valence-corrected chi connectivity index (χ0v) is 11.1. The van der Waals surface area contributed by atoms with Gasteiger partial charge in [-0.25, -0.2) is 4.98 Å². The molecule has 5 heteroatoms. The zero-order valence-electron chi connectivity index (χ0n) is 8.72. The molecule has 0 radical (unpaired) electrons. The van der Waals surface area contributed by atoms with E-state index in [2.05, 4.69) is 45.1 Å². The van der Waals surface area contributed by atoms with Crippen molar-refractivity contribution in [3.05, 3.63) is 16.0 Å². The van der Waals surface area contributed by atoms with E-state index >= 15 is 0 Å². The Kier molecular flexibility index (Phi) is 2.90. The van der Waals surface area contributed by atoms with Crippen LogP contribution in [-0.4, -0.2) is 15.5 Å². The maximum absolute atomic E-state index is 5.76. The van der Waals surface area contributed by atoms with Crippen LogP contribution in [-0.2, 0) is 0 Å². The summed E-state index contributed by atoms with van der Waals surface area (Å²) >= 11 is 9.16. The maximum Gasteiger partial charge on any atom is 0.224 e. The molecule has 0 aliphatic heterocycles. The van der Waals surface area contributed by atoms with E-state index in [0.29, 0.717) is 0 Å². The van der Waals surface area contributed by atoms with Gasteiger partial charge in [-0.1, -0.05) is 0 Å². The van der Waals surface area contributed by atoms with Crippen molar-refractivity contribution in [2.75, 3.05) is 5.32 Å². The van der Waals surface area contributed by atoms with Gasteiger partial charge in [0, 0.05) is 11.7 Å². The normalized spacial score (nSPS) is 16.5. The molecule has 0 bridgehead atoms. The summed E-state index contributed by atoms with van der Waals surface area (Å²) in [5.41, 5.74) is 0.0696. The van der Waals surface area contributed by atoms with E-state index in [1.807, 2.05) is 0 Å². The number of aromatic nitrogens is 2. The van der Waals surface area contributed by atoms with Crippen LogP contribution in [0.1, 0.15) is 26.7 Å². The predicted octanol–water partition coefficient (Wildman–Crippen LogP) is 3.49. The third-order valence-electron chi connectivity index (χ3n) is 2.75. The van der Waals surface area contributed by atoms with Crippen molar-refractivity contribution in [3.8, 4) is 0 Å². The average molecular weight is 291 g/mol. The van der Waals surface area contributed by atoms with Crippen LogP contribution in [0.4, 0.5) is 5.82 Å². The monoisotopic (exact) mass is 289 g/mol. The minimum atomic E-state index is 0.0696. The standard InChI is InChI=1S/C10H13BrClN3/c1-10(2,6-3-4-6)15-8-7(11)5-13-9(12)14-8/h5-6H,3-4H2,1-2H3,(H,13,14,15). The Morgan fingerprint density at radius 3 is 2.80 bits per heavy atom. The molecule has 2 rings (SSSR count). The zero-order chi connectivity index (χ0) is 11.1. The molecule has 1 aliphatic rings. The number of hydrogen-bond donors (Lipinski definition) is 1. The summed E-state index contributed by atoms with van der Waals surface area (Å²) in [4.78, 5) is 8.06. The van der Waals surface area contributed by atoms with E-state index in [1.54, 1.807) is 6.20 Å². The molecule has 1 heterocycles. The van der Waals surface area contributed by atoms with Gasteiger partial charge in [-0.15, -0.1) is 0 Å². The number of nitrogens with one attached hydrogen (secondary N) is 1. The molecule has 0 atom stereocenters. The van der Waals surface area contributed by atoms with Crippen LogP contribution in [0.25, 0.3) is 0 Å². The van der Waals surface area contributed by atoms with Crippen LogP contribution in [0.5, 0.6) is 0 Å². The lowest BCUT2D eigenvalue weighted by atomic mass is 9.99. The molecule has 1 aromatic rings. The van der Waals surface area contributed by atoms with Gasteiger partial charge in [0.15, 0.2) is 0 Å². The third-order valence-corrected chi connectivity index (χ3v) is 3.52. The molecule has 1 aliphatic carbocycles. The average Bonchev–Trinajstić information content (AvgIpc) is 2.93. The third kappa shape index (κ3) is 2.61. The van der Waals surface area contributed by atoms with Crippen molar-refractivity contribution in [2.45, 2.75) is 32.2 Å². The summed E-state index contributed by atoms with van der Waals surface area (Å²) in [6.07, 6.45) is 4.24. The number of rotatable bonds is 3. The van der Waals surface area contributed by atoms with Gasteiger partial charge in [0.25, 0.3) is 0 Å². The number of nitrogens with zero attached hydrogens (tertiary/aromatic N) is 2. The highest BCUT2D eigenvalue weighted by Gasteiger charge is 2.38. The van der Waals surface area contributed by atoms with Crippen molar-refractivity contribution in [2.24, 2.45) is 5.92 Å². The predicted molar refractivity (Wildman–Crippen MR) is 65.2 cm³/mol. The number of hydrogen-bond acceptors (Lipinski definition) is 3. The van der Waals surface area contributed by atoms with Crippen LogP contribution in [0, 0.1) is 5.92 Å². The Hall–Kier alpha value is -0.350. The first kappa shape index (κ1) is 11.1. The lowest BCUT2D eigenvalue weighted by molar-refractivity contribution is 0.492. The van der Waals surface area contributed by atoms with E-state index in [1.165, 1.54) is 12.8 Å². The molecule has 0 spiro atoms. The summed E-state index contributed by atoms with van der Waals surface area (Å²) in [6.45, 7) is 4.38. The summed E-state index contributed by atoms with van der Waals surface area (Å²) < 4.78 is 0.848. The van der Waals surface area contributed by atoms with E-state index in [-0.39, 0.29) is 10.8 Å². The first-order valence-electron chi connectivity index (χ1n) is 4.95. The molecular formula is C10H13BrClN3. The summed E-state index contributed by atoms with van der Waals surface area (Å²) in [5.74, 6) is 1.50. The van der Waals surface area contributed by atoms with Gasteiger partial charge >= 0.3 is 0 Å². The fourth-order valence-electron chi connectivity index (χ4n) is 1.65. The fourth-order valence-corrected chi connectivity index (χ4v) is 2.07. The Balaban J connectivity index is 2.19. The van der Waals surface area contributed by atoms with Crippen molar-refractivity contribution in [1.29, 1.82) is 0 Å². The minimum Gasteiger partial charge on any atom is -0.364 e. The van der Waals surface area contributed by atoms with Gasteiger partial charge in [0.1, 0.15) is 5.82 Å². The minimum absolute atomic E-state index is 0.0696. The second kappa shape index (κ2) is 3.91. The Labute approximate surface area is 103 Å². The highest BCUT2D eigenvalue weighted by molar-refractivity contribution is 9.10. The molecule has 1 fully saturated rings. The van der Waals surface area contributed by atoms with Crippen LogP contribution in [0.3, 0.4) is 0 Å². The summed E-state index contributed by atoms with van der Waals surface area (Å²) in [6, 6.07) is 0. The molecule has 0 amide bonds. The van der Waals surface area contributed by atoms with E-state index in [0.717, 1.165) is 16.2 Å². The Bertz CT molecular complexity index is 377. The maximum atomic E-state index is 5.76. The lowest BCUT2D eigenvalue weighted by Gasteiger charge is -2.27. The molecular weight excluding hydrogens is 277 g/mol. The molecule has 3 nitrogen and oxygen atoms in total. The Morgan fingerprint density at radius 1 is 1.53 bits per heavy atom.